The number of unbranched alkanes of at least 4 members (excludes halogenated alkanes) is 10. The van der Waals surface area contributed by atoms with E-state index in [0.717, 1.165) is 44.9 Å². The molecule has 0 heterocycles. The van der Waals surface area contributed by atoms with Gasteiger partial charge in [-0.1, -0.05) is 108 Å². The highest BCUT2D eigenvalue weighted by Crippen LogP contribution is 2.13. The molecule has 0 saturated heterocycles. The van der Waals surface area contributed by atoms with Crippen molar-refractivity contribution in [2.24, 2.45) is 0 Å². The molecular weight excluding hydrogens is 570 g/mol. The lowest BCUT2D eigenvalue weighted by molar-refractivity contribution is -0.889. The lowest BCUT2D eigenvalue weighted by Crippen LogP contribution is -2.55. The maximum Gasteiger partial charge on any atom is 0.306 e. The van der Waals surface area contributed by atoms with E-state index in [1.165, 1.54) is 44.9 Å². The molecule has 0 spiro atoms. The summed E-state index contributed by atoms with van der Waals surface area (Å²) >= 11 is 0. The van der Waals surface area contributed by atoms with E-state index >= 15 is 0 Å². The van der Waals surface area contributed by atoms with Crippen molar-refractivity contribution in [2.75, 3.05) is 41.0 Å². The lowest BCUT2D eigenvalue weighted by Gasteiger charge is -2.34. The van der Waals surface area contributed by atoms with E-state index in [9.17, 15) is 19.5 Å². The van der Waals surface area contributed by atoms with Crippen LogP contribution in [0.15, 0.2) is 36.5 Å². The second-order valence-electron chi connectivity index (χ2n) is 12.7. The number of carboxylic acids is 1. The number of aliphatic carboxylic acids is 1. The summed E-state index contributed by atoms with van der Waals surface area (Å²) in [7, 11) is 5.37. The molecule has 0 aliphatic rings. The van der Waals surface area contributed by atoms with Crippen molar-refractivity contribution in [3.63, 3.8) is 0 Å². The number of hydrogen-bond donors (Lipinski definition) is 0. The van der Waals surface area contributed by atoms with Gasteiger partial charge in [-0.15, -0.1) is 0 Å². The molecule has 2 unspecified atom stereocenters. The zero-order valence-corrected chi connectivity index (χ0v) is 29.3. The highest BCUT2D eigenvalue weighted by molar-refractivity contribution is 5.70. The molecule has 45 heavy (non-hydrogen) atoms. The van der Waals surface area contributed by atoms with Gasteiger partial charge in [-0.2, -0.15) is 0 Å². The van der Waals surface area contributed by atoms with Gasteiger partial charge in [0, 0.05) is 19.3 Å². The van der Waals surface area contributed by atoms with Crippen molar-refractivity contribution in [2.45, 2.75) is 142 Å². The quantitative estimate of drug-likeness (QED) is 0.0362. The molecule has 8 nitrogen and oxygen atoms in total. The van der Waals surface area contributed by atoms with Crippen molar-refractivity contribution in [3.05, 3.63) is 36.5 Å². The van der Waals surface area contributed by atoms with Gasteiger partial charge in [0.05, 0.1) is 40.3 Å². The highest BCUT2D eigenvalue weighted by atomic mass is 16.6. The first-order chi connectivity index (χ1) is 21.6. The SMILES string of the molecule is CC/C=C/C/C=C/C/C=C/CCCC(=O)OCC(COCCC(C(=O)[O-])[N+](C)(C)C)OC(=O)CCCCCCCCCCCC. The molecule has 0 aliphatic heterocycles. The molecule has 0 saturated carbocycles. The van der Waals surface area contributed by atoms with Crippen LogP contribution in [0.3, 0.4) is 0 Å². The fourth-order valence-corrected chi connectivity index (χ4v) is 4.80. The molecule has 0 aromatic rings. The molecule has 0 aliphatic carbocycles. The molecule has 0 aromatic heterocycles. The molecule has 0 rings (SSSR count). The molecule has 8 heteroatoms. The van der Waals surface area contributed by atoms with Gasteiger partial charge in [-0.3, -0.25) is 9.59 Å². The number of ether oxygens (including phenoxy) is 3. The maximum atomic E-state index is 12.6. The molecule has 0 bridgehead atoms. The molecule has 0 N–H and O–H groups in total. The third-order valence-electron chi connectivity index (χ3n) is 7.54. The normalized spacial score (nSPS) is 13.5. The number of hydrogen-bond acceptors (Lipinski definition) is 7. The van der Waals surface area contributed by atoms with E-state index in [0.29, 0.717) is 12.8 Å². The first-order valence-corrected chi connectivity index (χ1v) is 17.5. The van der Waals surface area contributed by atoms with Gasteiger partial charge < -0.3 is 28.6 Å². The fraction of sp³-hybridized carbons (Fsp3) is 0.757. The van der Waals surface area contributed by atoms with Gasteiger partial charge in [0.15, 0.2) is 6.10 Å². The smallest absolute Gasteiger partial charge is 0.306 e. The summed E-state index contributed by atoms with van der Waals surface area (Å²) in [6.07, 6.45) is 29.0. The minimum absolute atomic E-state index is 0.0262. The number of carboxylic acid groups (broad SMARTS) is 1. The van der Waals surface area contributed by atoms with Crippen LogP contribution in [0, 0.1) is 0 Å². The summed E-state index contributed by atoms with van der Waals surface area (Å²) in [6, 6.07) is -0.729. The Morgan fingerprint density at radius 2 is 1.24 bits per heavy atom. The van der Waals surface area contributed by atoms with E-state index in [1.807, 2.05) is 0 Å². The van der Waals surface area contributed by atoms with E-state index < -0.39 is 18.1 Å². The summed E-state index contributed by atoms with van der Waals surface area (Å²) in [4.78, 5) is 36.4. The van der Waals surface area contributed by atoms with Crippen LogP contribution in [0.4, 0.5) is 0 Å². The zero-order chi connectivity index (χ0) is 33.6. The number of allylic oxidation sites excluding steroid dienone is 6. The van der Waals surface area contributed by atoms with Gasteiger partial charge in [0.2, 0.25) is 0 Å². The number of nitrogens with zero attached hydrogens (tertiary/aromatic N) is 1. The molecule has 0 aromatic carbocycles. The minimum Gasteiger partial charge on any atom is -0.544 e. The van der Waals surface area contributed by atoms with Gasteiger partial charge in [0.25, 0.3) is 0 Å². The third-order valence-corrected chi connectivity index (χ3v) is 7.54. The van der Waals surface area contributed by atoms with Crippen LogP contribution < -0.4 is 5.11 Å². The first kappa shape index (κ1) is 42.6. The Balaban J connectivity index is 4.55. The Bertz CT molecular complexity index is 844. The predicted octanol–water partition coefficient (Wildman–Crippen LogP) is 7.01. The Morgan fingerprint density at radius 3 is 1.82 bits per heavy atom. The molecular formula is C37H65NO7. The maximum absolute atomic E-state index is 12.6. The van der Waals surface area contributed by atoms with Crippen LogP contribution in [0.5, 0.6) is 0 Å². The van der Waals surface area contributed by atoms with E-state index in [4.69, 9.17) is 14.2 Å². The van der Waals surface area contributed by atoms with Crippen LogP contribution in [0.1, 0.15) is 129 Å². The van der Waals surface area contributed by atoms with Crippen molar-refractivity contribution in [3.8, 4) is 0 Å². The molecule has 260 valence electrons. The second kappa shape index (κ2) is 29.0. The highest BCUT2D eigenvalue weighted by Gasteiger charge is 2.25. The summed E-state index contributed by atoms with van der Waals surface area (Å²) in [5, 5.41) is 11.5. The van der Waals surface area contributed by atoms with Gasteiger partial charge in [-0.05, 0) is 38.5 Å². The third kappa shape index (κ3) is 27.6. The summed E-state index contributed by atoms with van der Waals surface area (Å²) in [6.45, 7) is 4.44. The fourth-order valence-electron chi connectivity index (χ4n) is 4.80. The average Bonchev–Trinajstić information content (AvgIpc) is 2.98. The van der Waals surface area contributed by atoms with Gasteiger partial charge in [0.1, 0.15) is 12.6 Å². The summed E-state index contributed by atoms with van der Waals surface area (Å²) in [5.41, 5.74) is 0. The molecule has 0 radical (unpaired) electrons. The Labute approximate surface area is 274 Å². The van der Waals surface area contributed by atoms with E-state index in [2.05, 4.69) is 50.3 Å². The second-order valence-corrected chi connectivity index (χ2v) is 12.7. The van der Waals surface area contributed by atoms with Crippen LogP contribution in [-0.2, 0) is 28.6 Å². The van der Waals surface area contributed by atoms with Crippen LogP contribution in [0.2, 0.25) is 0 Å². The predicted molar refractivity (Wildman–Crippen MR) is 180 cm³/mol. The minimum atomic E-state index is -1.13. The van der Waals surface area contributed by atoms with E-state index in [-0.39, 0.29) is 49.1 Å². The summed E-state index contributed by atoms with van der Waals surface area (Å²) < 4.78 is 17.0. The summed E-state index contributed by atoms with van der Waals surface area (Å²) in [5.74, 6) is -1.81. The van der Waals surface area contributed by atoms with Crippen LogP contribution in [-0.4, -0.2) is 75.5 Å². The molecule has 2 atom stereocenters. The lowest BCUT2D eigenvalue weighted by atomic mass is 10.1. The van der Waals surface area contributed by atoms with Crippen molar-refractivity contribution in [1.29, 1.82) is 0 Å². The molecule has 0 amide bonds. The van der Waals surface area contributed by atoms with Gasteiger partial charge in [-0.25, -0.2) is 0 Å². The number of carbonyl (C=O) groups is 3. The number of likely N-dealkylation sites (N-methyl/N-ethyl adjacent to an activating group) is 1. The van der Waals surface area contributed by atoms with Crippen LogP contribution in [0.25, 0.3) is 0 Å². The first-order valence-electron chi connectivity index (χ1n) is 17.5. The standard InChI is InChI=1S/C37H65NO7/c1-6-8-10-12-14-16-18-20-21-23-25-27-35(39)44-32-33(31-43-30-29-34(37(41)42)38(3,4)5)45-36(40)28-26-24-22-19-17-15-13-11-9-7-2/h8,10,14,16,20-21,33-34H,6-7,9,11-13,15,17-19,22-32H2,1-5H3/b10-8+,16-14+,21-20+. The van der Waals surface area contributed by atoms with E-state index in [1.54, 1.807) is 21.1 Å². The Kier molecular flexibility index (Phi) is 27.4. The largest absolute Gasteiger partial charge is 0.544 e. The average molecular weight is 636 g/mol. The topological polar surface area (TPSA) is 102 Å². The number of quaternary nitrogens is 1. The van der Waals surface area contributed by atoms with Gasteiger partial charge >= 0.3 is 11.9 Å². The zero-order valence-electron chi connectivity index (χ0n) is 29.3. The Hall–Kier alpha value is -2.45. The van der Waals surface area contributed by atoms with Crippen molar-refractivity contribution in [1.82, 2.24) is 0 Å². The van der Waals surface area contributed by atoms with Crippen LogP contribution >= 0.6 is 0 Å². The molecule has 0 fully saturated rings. The number of rotatable bonds is 30. The number of esters is 2. The number of carbonyl (C=O) groups excluding carboxylic acids is 3. The Morgan fingerprint density at radius 1 is 0.689 bits per heavy atom. The van der Waals surface area contributed by atoms with Crippen molar-refractivity contribution < 1.29 is 38.2 Å². The monoisotopic (exact) mass is 635 g/mol. The van der Waals surface area contributed by atoms with Crippen molar-refractivity contribution >= 4 is 17.9 Å².